The molecule has 1 N–H and O–H groups in total. The summed E-state index contributed by atoms with van der Waals surface area (Å²) in [4.78, 5) is 25.2. The lowest BCUT2D eigenvalue weighted by atomic mass is 10.3. The molecule has 3 rings (SSSR count). The molecule has 28 heavy (non-hydrogen) atoms. The normalized spacial score (nSPS) is 11.5. The second kappa shape index (κ2) is 9.04. The zero-order valence-electron chi connectivity index (χ0n) is 14.9. The van der Waals surface area contributed by atoms with Crippen molar-refractivity contribution in [3.63, 3.8) is 0 Å². The highest BCUT2D eigenvalue weighted by molar-refractivity contribution is 6.31. The van der Waals surface area contributed by atoms with Gasteiger partial charge in [-0.05, 0) is 49.4 Å². The van der Waals surface area contributed by atoms with Gasteiger partial charge in [-0.25, -0.2) is 15.4 Å². The first kappa shape index (κ1) is 19.4. The second-order valence-electron chi connectivity index (χ2n) is 5.63. The summed E-state index contributed by atoms with van der Waals surface area (Å²) in [5, 5.41) is 0.594. The van der Waals surface area contributed by atoms with E-state index in [1.165, 1.54) is 6.20 Å². The average molecular weight is 398 g/mol. The summed E-state index contributed by atoms with van der Waals surface area (Å²) in [6.45, 7) is 1.57. The van der Waals surface area contributed by atoms with Crippen LogP contribution in [-0.2, 0) is 9.63 Å². The van der Waals surface area contributed by atoms with Crippen LogP contribution in [0, 0.1) is 12.3 Å². The van der Waals surface area contributed by atoms with Gasteiger partial charge in [0.2, 0.25) is 5.88 Å². The number of halogens is 1. The predicted molar refractivity (Wildman–Crippen MR) is 104 cm³/mol. The molecular formula is C20H16ClN3O4. The zero-order valence-corrected chi connectivity index (χ0v) is 15.6. The van der Waals surface area contributed by atoms with Crippen LogP contribution in [0.1, 0.15) is 6.92 Å². The summed E-state index contributed by atoms with van der Waals surface area (Å²) in [6, 6.07) is 12.0. The van der Waals surface area contributed by atoms with Crippen molar-refractivity contribution in [3.05, 3.63) is 53.7 Å². The zero-order chi connectivity index (χ0) is 19.9. The van der Waals surface area contributed by atoms with Crippen LogP contribution >= 0.6 is 11.6 Å². The molecular weight excluding hydrogens is 382 g/mol. The Hall–Kier alpha value is -3.34. The number of nitrogens with zero attached hydrogens (tertiary/aromatic N) is 2. The van der Waals surface area contributed by atoms with Gasteiger partial charge < -0.3 is 9.47 Å². The Morgan fingerprint density at radius 2 is 1.96 bits per heavy atom. The lowest BCUT2D eigenvalue weighted by molar-refractivity contribution is -0.139. The van der Waals surface area contributed by atoms with E-state index in [1.807, 2.05) is 0 Å². The molecule has 0 saturated carbocycles. The van der Waals surface area contributed by atoms with E-state index < -0.39 is 12.0 Å². The van der Waals surface area contributed by atoms with Crippen LogP contribution in [0.3, 0.4) is 0 Å². The van der Waals surface area contributed by atoms with Crippen molar-refractivity contribution in [1.29, 1.82) is 0 Å². The van der Waals surface area contributed by atoms with Gasteiger partial charge in [-0.2, -0.15) is 0 Å². The van der Waals surface area contributed by atoms with Crippen molar-refractivity contribution in [2.45, 2.75) is 13.0 Å². The molecule has 0 spiro atoms. The molecule has 1 amide bonds. The van der Waals surface area contributed by atoms with E-state index in [2.05, 4.69) is 21.4 Å². The summed E-state index contributed by atoms with van der Waals surface area (Å²) in [7, 11) is 0. The molecule has 0 bridgehead atoms. The summed E-state index contributed by atoms with van der Waals surface area (Å²) in [5.41, 5.74) is 3.57. The molecule has 0 unspecified atom stereocenters. The Morgan fingerprint density at radius 3 is 2.71 bits per heavy atom. The van der Waals surface area contributed by atoms with E-state index in [0.29, 0.717) is 33.4 Å². The van der Waals surface area contributed by atoms with Crippen molar-refractivity contribution in [1.82, 2.24) is 15.4 Å². The quantitative estimate of drug-likeness (QED) is 0.373. The molecule has 2 aromatic carbocycles. The number of amides is 1. The second-order valence-corrected chi connectivity index (χ2v) is 6.07. The lowest BCUT2D eigenvalue weighted by Gasteiger charge is -2.14. The number of hydroxylamine groups is 1. The smallest absolute Gasteiger partial charge is 0.284 e. The van der Waals surface area contributed by atoms with E-state index in [0.717, 1.165) is 0 Å². The maximum Gasteiger partial charge on any atom is 0.284 e. The van der Waals surface area contributed by atoms with Crippen LogP contribution in [0.5, 0.6) is 17.4 Å². The molecule has 0 aliphatic rings. The molecule has 3 aromatic rings. The van der Waals surface area contributed by atoms with Crippen molar-refractivity contribution < 1.29 is 19.1 Å². The number of nitrogens with one attached hydrogen (secondary N) is 1. The monoisotopic (exact) mass is 397 g/mol. The minimum atomic E-state index is -0.761. The van der Waals surface area contributed by atoms with Gasteiger partial charge in [0.05, 0.1) is 17.2 Å². The largest absolute Gasteiger partial charge is 0.481 e. The Labute approximate surface area is 166 Å². The summed E-state index contributed by atoms with van der Waals surface area (Å²) >= 11 is 5.94. The van der Waals surface area contributed by atoms with Gasteiger partial charge in [-0.1, -0.05) is 17.5 Å². The molecule has 7 nitrogen and oxygen atoms in total. The standard InChI is InChI=1S/C20H16ClN3O4/c1-3-10-26-24-20(25)13(2)27-15-5-7-16(8-6-15)28-19-12-22-18-11-14(21)4-9-17(18)23-19/h1,4-9,11-13H,10H2,2H3,(H,24,25)/t13-/m1/s1. The van der Waals surface area contributed by atoms with Gasteiger partial charge in [0.15, 0.2) is 6.10 Å². The summed E-state index contributed by atoms with van der Waals surface area (Å²) < 4.78 is 11.3. The van der Waals surface area contributed by atoms with Crippen molar-refractivity contribution >= 4 is 28.5 Å². The number of hydrogen-bond donors (Lipinski definition) is 1. The number of ether oxygens (including phenoxy) is 2. The molecule has 8 heteroatoms. The molecule has 0 aliphatic carbocycles. The summed E-state index contributed by atoms with van der Waals surface area (Å²) in [5.74, 6) is 3.19. The van der Waals surface area contributed by atoms with Crippen molar-refractivity contribution in [2.24, 2.45) is 0 Å². The van der Waals surface area contributed by atoms with Crippen LogP contribution in [0.4, 0.5) is 0 Å². The number of aromatic nitrogens is 2. The highest BCUT2D eigenvalue weighted by Crippen LogP contribution is 2.24. The topological polar surface area (TPSA) is 82.6 Å². The van der Waals surface area contributed by atoms with Gasteiger partial charge in [-0.3, -0.25) is 9.63 Å². The first-order chi connectivity index (χ1) is 13.5. The molecule has 1 aromatic heterocycles. The lowest BCUT2D eigenvalue weighted by Crippen LogP contribution is -2.36. The number of fused-ring (bicyclic) bond motifs is 1. The van der Waals surface area contributed by atoms with Gasteiger partial charge in [0.1, 0.15) is 18.1 Å². The minimum Gasteiger partial charge on any atom is -0.481 e. The Bertz CT molecular complexity index is 1020. The van der Waals surface area contributed by atoms with E-state index in [9.17, 15) is 4.79 Å². The van der Waals surface area contributed by atoms with E-state index in [4.69, 9.17) is 32.3 Å². The maximum absolute atomic E-state index is 11.8. The SMILES string of the molecule is C#CCONC(=O)[C@@H](C)Oc1ccc(Oc2cnc3cc(Cl)ccc3n2)cc1. The molecule has 0 radical (unpaired) electrons. The average Bonchev–Trinajstić information content (AvgIpc) is 2.69. The number of terminal acetylenes is 1. The third-order valence-electron chi connectivity index (χ3n) is 3.54. The van der Waals surface area contributed by atoms with Crippen LogP contribution in [-0.4, -0.2) is 28.6 Å². The maximum atomic E-state index is 11.8. The van der Waals surface area contributed by atoms with Crippen LogP contribution in [0.25, 0.3) is 11.0 Å². The minimum absolute atomic E-state index is 0.0187. The Kier molecular flexibility index (Phi) is 6.27. The third kappa shape index (κ3) is 5.10. The number of rotatable bonds is 7. The number of hydrogen-bond acceptors (Lipinski definition) is 6. The molecule has 142 valence electrons. The van der Waals surface area contributed by atoms with E-state index in [1.54, 1.807) is 49.4 Å². The number of carbonyl (C=O) groups is 1. The van der Waals surface area contributed by atoms with Gasteiger partial charge in [0.25, 0.3) is 5.91 Å². The Balaban J connectivity index is 1.60. The molecule has 0 fully saturated rings. The fraction of sp³-hybridized carbons (Fsp3) is 0.150. The molecule has 0 aliphatic heterocycles. The van der Waals surface area contributed by atoms with Crippen LogP contribution < -0.4 is 15.0 Å². The predicted octanol–water partition coefficient (Wildman–Crippen LogP) is 3.52. The van der Waals surface area contributed by atoms with Crippen molar-refractivity contribution in [3.8, 4) is 29.7 Å². The van der Waals surface area contributed by atoms with Gasteiger partial charge in [-0.15, -0.1) is 6.42 Å². The first-order valence-electron chi connectivity index (χ1n) is 8.27. The number of benzene rings is 2. The molecule has 0 saturated heterocycles. The van der Waals surface area contributed by atoms with E-state index in [-0.39, 0.29) is 6.61 Å². The van der Waals surface area contributed by atoms with E-state index >= 15 is 0 Å². The first-order valence-corrected chi connectivity index (χ1v) is 8.65. The highest BCUT2D eigenvalue weighted by Gasteiger charge is 2.14. The van der Waals surface area contributed by atoms with Crippen LogP contribution in [0.15, 0.2) is 48.7 Å². The van der Waals surface area contributed by atoms with Gasteiger partial charge in [0, 0.05) is 5.02 Å². The Morgan fingerprint density at radius 1 is 1.21 bits per heavy atom. The third-order valence-corrected chi connectivity index (χ3v) is 3.77. The van der Waals surface area contributed by atoms with Crippen LogP contribution in [0.2, 0.25) is 5.02 Å². The number of carbonyl (C=O) groups excluding carboxylic acids is 1. The molecule has 1 heterocycles. The van der Waals surface area contributed by atoms with Gasteiger partial charge >= 0.3 is 0 Å². The summed E-state index contributed by atoms with van der Waals surface area (Å²) in [6.07, 6.45) is 5.79. The highest BCUT2D eigenvalue weighted by atomic mass is 35.5. The molecule has 1 atom stereocenters. The fourth-order valence-electron chi connectivity index (χ4n) is 2.21. The van der Waals surface area contributed by atoms with Crippen molar-refractivity contribution in [2.75, 3.05) is 6.61 Å². The fourth-order valence-corrected chi connectivity index (χ4v) is 2.38.